The van der Waals surface area contributed by atoms with Gasteiger partial charge in [-0.2, -0.15) is 0 Å². The van der Waals surface area contributed by atoms with Crippen LogP contribution in [0.5, 0.6) is 0 Å². The van der Waals surface area contributed by atoms with Crippen molar-refractivity contribution in [3.8, 4) is 0 Å². The third kappa shape index (κ3) is 5.37. The van der Waals surface area contributed by atoms with E-state index in [0.717, 1.165) is 30.5 Å². The standard InChI is InChI=1S/C28H39NO6/c1-17(12-21-9-5-6-11-29-21)22-14-23-28(4,35-23)10-7-8-19-15-27(3,26(33)18(2)25(19)32)20(16-30)13-24(31)34-22/h5-6,9,11-12,18-20,22-23,25,30,32H,7-8,10,13-16H2,1-4H3/b17-12+/t18-,19-,20-,22?,23?,25?,27?,28-/m1/s1. The van der Waals surface area contributed by atoms with Gasteiger partial charge in [0, 0.05) is 36.5 Å². The smallest absolute Gasteiger partial charge is 0.306 e. The maximum atomic E-state index is 13.3. The molecule has 4 unspecified atom stereocenters. The van der Waals surface area contributed by atoms with E-state index in [0.29, 0.717) is 12.8 Å². The number of ketones is 1. The van der Waals surface area contributed by atoms with Crippen LogP contribution in [-0.4, -0.2) is 57.5 Å². The minimum Gasteiger partial charge on any atom is -0.458 e. The van der Waals surface area contributed by atoms with E-state index < -0.39 is 35.4 Å². The van der Waals surface area contributed by atoms with Crippen molar-refractivity contribution < 1.29 is 29.3 Å². The number of Topliss-reactive ketones (excluding diaryl/α,β-unsaturated/α-hetero) is 1. The fraction of sp³-hybridized carbons (Fsp3) is 0.679. The maximum absolute atomic E-state index is 13.3. The molecule has 0 radical (unpaired) electrons. The van der Waals surface area contributed by atoms with Crippen molar-refractivity contribution in [3.05, 3.63) is 35.7 Å². The predicted octanol–water partition coefficient (Wildman–Crippen LogP) is 3.72. The number of nitrogens with zero attached hydrogens (tertiary/aromatic N) is 1. The topological polar surface area (TPSA) is 109 Å². The van der Waals surface area contributed by atoms with E-state index in [9.17, 15) is 19.8 Å². The number of carbonyl (C=O) groups is 2. The molecule has 0 aromatic carbocycles. The van der Waals surface area contributed by atoms with Gasteiger partial charge in [0.05, 0.1) is 29.9 Å². The van der Waals surface area contributed by atoms with Crippen LogP contribution < -0.4 is 0 Å². The number of cyclic esters (lactones) is 1. The lowest BCUT2D eigenvalue weighted by atomic mass is 9.58. The zero-order valence-corrected chi connectivity index (χ0v) is 21.3. The number of hydrogen-bond acceptors (Lipinski definition) is 7. The number of fused-ring (bicyclic) bond motifs is 3. The maximum Gasteiger partial charge on any atom is 0.306 e. The minimum atomic E-state index is -0.891. The third-order valence-corrected chi connectivity index (χ3v) is 8.75. The average Bonchev–Trinajstić information content (AvgIpc) is 3.47. The summed E-state index contributed by atoms with van der Waals surface area (Å²) in [4.78, 5) is 30.8. The van der Waals surface area contributed by atoms with Crippen molar-refractivity contribution in [1.82, 2.24) is 4.98 Å². The molecule has 3 fully saturated rings. The van der Waals surface area contributed by atoms with Crippen LogP contribution in [0.2, 0.25) is 0 Å². The van der Waals surface area contributed by atoms with Crippen molar-refractivity contribution in [3.63, 3.8) is 0 Å². The summed E-state index contributed by atoms with van der Waals surface area (Å²) in [5.41, 5.74) is 0.488. The SMILES string of the molecule is C/C(=C\c1ccccn1)C1CC2O[C@]2(C)CCC[C@@H]2CC(C)(C(=O)[C@H](C)C2O)[C@@H](CO)CC(=O)O1. The van der Waals surface area contributed by atoms with Crippen LogP contribution >= 0.6 is 0 Å². The number of aromatic nitrogens is 1. The van der Waals surface area contributed by atoms with Crippen LogP contribution in [0.1, 0.15) is 71.9 Å². The van der Waals surface area contributed by atoms with Crippen LogP contribution in [0, 0.1) is 23.2 Å². The van der Waals surface area contributed by atoms with Gasteiger partial charge in [-0.15, -0.1) is 0 Å². The lowest BCUT2D eigenvalue weighted by molar-refractivity contribution is -0.158. The van der Waals surface area contributed by atoms with Gasteiger partial charge in [0.1, 0.15) is 11.9 Å². The van der Waals surface area contributed by atoms with Crippen LogP contribution in [0.3, 0.4) is 0 Å². The van der Waals surface area contributed by atoms with Gasteiger partial charge in [-0.25, -0.2) is 0 Å². The molecule has 3 aliphatic rings. The van der Waals surface area contributed by atoms with Crippen LogP contribution in [0.15, 0.2) is 30.0 Å². The van der Waals surface area contributed by atoms with Gasteiger partial charge in [0.15, 0.2) is 0 Å². The number of aliphatic hydroxyl groups is 2. The fourth-order valence-corrected chi connectivity index (χ4v) is 6.22. The van der Waals surface area contributed by atoms with E-state index in [4.69, 9.17) is 9.47 Å². The molecule has 0 amide bonds. The van der Waals surface area contributed by atoms with Gasteiger partial charge >= 0.3 is 5.97 Å². The second-order valence-electron chi connectivity index (χ2n) is 11.3. The lowest BCUT2D eigenvalue weighted by Crippen LogP contribution is -2.53. The fourth-order valence-electron chi connectivity index (χ4n) is 6.22. The van der Waals surface area contributed by atoms with E-state index in [1.54, 1.807) is 13.1 Å². The van der Waals surface area contributed by atoms with E-state index in [2.05, 4.69) is 11.9 Å². The summed E-state index contributed by atoms with van der Waals surface area (Å²) >= 11 is 0. The van der Waals surface area contributed by atoms with Crippen LogP contribution in [-0.2, 0) is 19.1 Å². The van der Waals surface area contributed by atoms with Crippen molar-refractivity contribution >= 4 is 17.8 Å². The van der Waals surface area contributed by atoms with E-state index in [-0.39, 0.29) is 36.4 Å². The molecule has 2 N–H and O–H groups in total. The first-order valence-electron chi connectivity index (χ1n) is 12.9. The first-order chi connectivity index (χ1) is 16.6. The first kappa shape index (κ1) is 26.0. The largest absolute Gasteiger partial charge is 0.458 e. The summed E-state index contributed by atoms with van der Waals surface area (Å²) in [5.74, 6) is -1.68. The Morgan fingerprint density at radius 1 is 1.29 bits per heavy atom. The highest BCUT2D eigenvalue weighted by Gasteiger charge is 2.55. The number of aliphatic hydroxyl groups excluding tert-OH is 2. The number of hydrogen-bond donors (Lipinski definition) is 2. The molecular weight excluding hydrogens is 446 g/mol. The second-order valence-corrected chi connectivity index (χ2v) is 11.3. The summed E-state index contributed by atoms with van der Waals surface area (Å²) in [6.45, 7) is 7.34. The molecule has 7 heteroatoms. The molecule has 192 valence electrons. The molecule has 1 aliphatic carbocycles. The quantitative estimate of drug-likeness (QED) is 0.496. The van der Waals surface area contributed by atoms with Crippen LogP contribution in [0.4, 0.5) is 0 Å². The number of epoxide rings is 1. The van der Waals surface area contributed by atoms with E-state index in [1.165, 1.54) is 0 Å². The molecule has 4 rings (SSSR count). The van der Waals surface area contributed by atoms with Gasteiger partial charge in [-0.1, -0.05) is 26.3 Å². The van der Waals surface area contributed by atoms with Crippen molar-refractivity contribution in [1.29, 1.82) is 0 Å². The van der Waals surface area contributed by atoms with E-state index >= 15 is 0 Å². The van der Waals surface area contributed by atoms with Crippen LogP contribution in [0.25, 0.3) is 6.08 Å². The Balaban J connectivity index is 1.62. The third-order valence-electron chi connectivity index (χ3n) is 8.75. The Bertz CT molecular complexity index is 963. The summed E-state index contributed by atoms with van der Waals surface area (Å²) in [7, 11) is 0. The van der Waals surface area contributed by atoms with Gasteiger partial charge < -0.3 is 19.7 Å². The van der Waals surface area contributed by atoms with Crippen molar-refractivity contribution in [2.24, 2.45) is 23.2 Å². The second kappa shape index (κ2) is 10.1. The summed E-state index contributed by atoms with van der Waals surface area (Å²) in [6.07, 6.45) is 5.88. The minimum absolute atomic E-state index is 0.0222. The normalized spacial score (nSPS) is 40.9. The zero-order chi connectivity index (χ0) is 25.4. The zero-order valence-electron chi connectivity index (χ0n) is 21.3. The molecule has 2 saturated heterocycles. The molecule has 1 aromatic rings. The highest BCUT2D eigenvalue weighted by Crippen LogP contribution is 2.49. The summed E-state index contributed by atoms with van der Waals surface area (Å²) < 4.78 is 12.1. The molecule has 1 saturated carbocycles. The van der Waals surface area contributed by atoms with Gasteiger partial charge in [0.2, 0.25) is 0 Å². The van der Waals surface area contributed by atoms with Gasteiger partial charge in [0.25, 0.3) is 0 Å². The molecule has 8 atom stereocenters. The predicted molar refractivity (Wildman–Crippen MR) is 131 cm³/mol. The monoisotopic (exact) mass is 485 g/mol. The molecule has 0 spiro atoms. The highest BCUT2D eigenvalue weighted by molar-refractivity contribution is 5.88. The average molecular weight is 486 g/mol. The molecular formula is C28H39NO6. The lowest BCUT2D eigenvalue weighted by Gasteiger charge is -2.46. The molecule has 3 heterocycles. The van der Waals surface area contributed by atoms with Gasteiger partial charge in [-0.3, -0.25) is 14.6 Å². The summed E-state index contributed by atoms with van der Waals surface area (Å²) in [5, 5.41) is 21.1. The Morgan fingerprint density at radius 3 is 2.74 bits per heavy atom. The highest BCUT2D eigenvalue weighted by atomic mass is 16.6. The number of carbonyl (C=O) groups excluding carboxylic acids is 2. The van der Waals surface area contributed by atoms with E-state index in [1.807, 2.05) is 38.1 Å². The molecule has 2 aliphatic heterocycles. The number of esters is 1. The molecule has 2 bridgehead atoms. The molecule has 1 aromatic heterocycles. The Hall–Kier alpha value is -2.09. The number of ether oxygens (including phenoxy) is 2. The Labute approximate surface area is 207 Å². The number of rotatable bonds is 3. The first-order valence-corrected chi connectivity index (χ1v) is 12.9. The van der Waals surface area contributed by atoms with Crippen molar-refractivity contribution in [2.45, 2.75) is 90.1 Å². The molecule has 35 heavy (non-hydrogen) atoms. The van der Waals surface area contributed by atoms with Crippen molar-refractivity contribution in [2.75, 3.05) is 6.61 Å². The Kier molecular flexibility index (Phi) is 7.51. The molecule has 7 nitrogen and oxygen atoms in total. The summed E-state index contributed by atoms with van der Waals surface area (Å²) in [6, 6.07) is 5.66. The number of pyridine rings is 1. The Morgan fingerprint density at radius 2 is 2.06 bits per heavy atom. The van der Waals surface area contributed by atoms with Gasteiger partial charge in [-0.05, 0) is 62.8 Å².